The molecule has 0 saturated heterocycles. The first-order valence-electron chi connectivity index (χ1n) is 11.5. The van der Waals surface area contributed by atoms with Crippen LogP contribution >= 0.6 is 0 Å². The molecular formula is C29H22N5+. The number of nitrogens with zero attached hydrogens (tertiary/aromatic N) is 5. The Morgan fingerprint density at radius 1 is 0.794 bits per heavy atom. The molecular weight excluding hydrogens is 418 g/mol. The van der Waals surface area contributed by atoms with E-state index >= 15 is 0 Å². The zero-order valence-electron chi connectivity index (χ0n) is 18.5. The minimum Gasteiger partial charge on any atom is -0.316 e. The molecule has 4 heterocycles. The fourth-order valence-electron chi connectivity index (χ4n) is 5.13. The number of rotatable bonds is 3. The van der Waals surface area contributed by atoms with Crippen LogP contribution in [-0.2, 0) is 0 Å². The van der Waals surface area contributed by atoms with Gasteiger partial charge in [-0.05, 0) is 41.5 Å². The van der Waals surface area contributed by atoms with Gasteiger partial charge >= 0.3 is 0 Å². The number of hydrogen-bond donors (Lipinski definition) is 0. The highest BCUT2D eigenvalue weighted by atomic mass is 15.3. The summed E-state index contributed by atoms with van der Waals surface area (Å²) in [4.78, 5) is 4.27. The van der Waals surface area contributed by atoms with Crippen molar-refractivity contribution in [1.29, 1.82) is 0 Å². The lowest BCUT2D eigenvalue weighted by molar-refractivity contribution is -0.444. The van der Waals surface area contributed by atoms with Crippen molar-refractivity contribution in [2.45, 2.75) is 6.42 Å². The summed E-state index contributed by atoms with van der Waals surface area (Å²) in [5.41, 5.74) is 7.03. The maximum atomic E-state index is 4.71. The molecule has 0 radical (unpaired) electrons. The van der Waals surface area contributed by atoms with Crippen molar-refractivity contribution in [3.63, 3.8) is 0 Å². The summed E-state index contributed by atoms with van der Waals surface area (Å²) in [5.74, 6) is 0. The molecule has 6 aromatic rings. The highest BCUT2D eigenvalue weighted by molar-refractivity contribution is 6.21. The quantitative estimate of drug-likeness (QED) is 0.270. The van der Waals surface area contributed by atoms with Gasteiger partial charge in [0.15, 0.2) is 0 Å². The van der Waals surface area contributed by atoms with Crippen LogP contribution in [-0.4, -0.2) is 25.4 Å². The first-order valence-corrected chi connectivity index (χ1v) is 11.5. The van der Waals surface area contributed by atoms with Crippen LogP contribution in [0.15, 0.2) is 115 Å². The number of benzene rings is 3. The molecule has 0 amide bonds. The fourth-order valence-corrected chi connectivity index (χ4v) is 5.13. The van der Waals surface area contributed by atoms with E-state index in [0.29, 0.717) is 0 Å². The Morgan fingerprint density at radius 3 is 2.56 bits per heavy atom. The van der Waals surface area contributed by atoms with Crippen LogP contribution in [0.5, 0.6) is 0 Å². The molecule has 34 heavy (non-hydrogen) atoms. The first-order chi connectivity index (χ1) is 16.9. The van der Waals surface area contributed by atoms with Crippen molar-refractivity contribution in [3.8, 4) is 5.69 Å². The molecule has 0 N–H and O–H groups in total. The normalized spacial score (nSPS) is 14.0. The predicted molar refractivity (Wildman–Crippen MR) is 137 cm³/mol. The molecule has 0 saturated carbocycles. The van der Waals surface area contributed by atoms with Gasteiger partial charge < -0.3 is 9.13 Å². The molecule has 3 aromatic carbocycles. The second-order valence-electron chi connectivity index (χ2n) is 8.56. The Labute approximate surface area is 196 Å². The molecule has 0 aliphatic carbocycles. The number of aromatic nitrogens is 3. The van der Waals surface area contributed by atoms with Crippen molar-refractivity contribution in [3.05, 3.63) is 110 Å². The molecule has 0 fully saturated rings. The summed E-state index contributed by atoms with van der Waals surface area (Å²) in [6.45, 7) is 0.733. The zero-order chi connectivity index (χ0) is 22.5. The number of hydrogen-bond acceptors (Lipinski definition) is 2. The van der Waals surface area contributed by atoms with Gasteiger partial charge in [-0.3, -0.25) is 4.98 Å². The van der Waals surface area contributed by atoms with Gasteiger partial charge in [0.1, 0.15) is 12.7 Å². The Kier molecular flexibility index (Phi) is 4.21. The molecule has 5 nitrogen and oxygen atoms in total. The highest BCUT2D eigenvalue weighted by Gasteiger charge is 2.23. The second-order valence-corrected chi connectivity index (χ2v) is 8.56. The predicted octanol–water partition coefficient (Wildman–Crippen LogP) is 7.13. The Balaban J connectivity index is 1.54. The lowest BCUT2D eigenvalue weighted by Crippen LogP contribution is -2.09. The summed E-state index contributed by atoms with van der Waals surface area (Å²) in [6, 6.07) is 30.0. The monoisotopic (exact) mass is 440 g/mol. The van der Waals surface area contributed by atoms with Gasteiger partial charge in [0.2, 0.25) is 6.20 Å². The first kappa shape index (κ1) is 19.0. The Bertz CT molecular complexity index is 1740. The SMILES string of the molecule is C1=C(n2c3ccccc3c3c4c(ccc32)ccn4-c2ccccc2)CCN=[N+]1c1cccnc1. The van der Waals surface area contributed by atoms with Crippen molar-refractivity contribution in [2.75, 3.05) is 6.54 Å². The molecule has 0 bridgehead atoms. The van der Waals surface area contributed by atoms with Gasteiger partial charge in [-0.15, -0.1) is 0 Å². The average Bonchev–Trinajstić information content (AvgIpc) is 3.49. The van der Waals surface area contributed by atoms with Crippen LogP contribution in [0.1, 0.15) is 6.42 Å². The molecule has 162 valence electrons. The number of pyridine rings is 1. The summed E-state index contributed by atoms with van der Waals surface area (Å²) >= 11 is 0. The van der Waals surface area contributed by atoms with Gasteiger partial charge in [0.25, 0.3) is 5.69 Å². The average molecular weight is 441 g/mol. The van der Waals surface area contributed by atoms with Crippen LogP contribution in [0, 0.1) is 0 Å². The van der Waals surface area contributed by atoms with Crippen LogP contribution in [0.25, 0.3) is 44.1 Å². The van der Waals surface area contributed by atoms with Gasteiger partial charge in [0.05, 0.1) is 22.2 Å². The highest BCUT2D eigenvalue weighted by Crippen LogP contribution is 2.39. The van der Waals surface area contributed by atoms with E-state index in [0.717, 1.165) is 18.7 Å². The molecule has 3 aromatic heterocycles. The van der Waals surface area contributed by atoms with Crippen LogP contribution in [0.3, 0.4) is 0 Å². The van der Waals surface area contributed by atoms with Crippen molar-refractivity contribution < 1.29 is 4.70 Å². The smallest absolute Gasteiger partial charge is 0.255 e. The Hall–Kier alpha value is -4.51. The van der Waals surface area contributed by atoms with E-state index < -0.39 is 0 Å². The topological polar surface area (TPSA) is 38.1 Å². The van der Waals surface area contributed by atoms with Crippen LogP contribution in [0.4, 0.5) is 5.69 Å². The third-order valence-electron chi connectivity index (χ3n) is 6.61. The van der Waals surface area contributed by atoms with Gasteiger partial charge in [-0.25, -0.2) is 0 Å². The van der Waals surface area contributed by atoms with E-state index in [1.165, 1.54) is 44.1 Å². The maximum absolute atomic E-state index is 4.71. The van der Waals surface area contributed by atoms with E-state index in [9.17, 15) is 0 Å². The lowest BCUT2D eigenvalue weighted by Gasteiger charge is -2.12. The van der Waals surface area contributed by atoms with E-state index in [-0.39, 0.29) is 0 Å². The van der Waals surface area contributed by atoms with E-state index in [1.807, 2.05) is 23.0 Å². The minimum atomic E-state index is 0.733. The van der Waals surface area contributed by atoms with E-state index in [1.54, 1.807) is 6.20 Å². The summed E-state index contributed by atoms with van der Waals surface area (Å²) in [7, 11) is 0. The maximum Gasteiger partial charge on any atom is 0.255 e. The lowest BCUT2D eigenvalue weighted by atomic mass is 10.1. The summed E-state index contributed by atoms with van der Waals surface area (Å²) < 4.78 is 6.67. The molecule has 0 atom stereocenters. The molecule has 1 aliphatic heterocycles. The molecule has 1 aliphatic rings. The largest absolute Gasteiger partial charge is 0.316 e. The summed E-state index contributed by atoms with van der Waals surface area (Å²) in [6.07, 6.45) is 8.84. The number of para-hydroxylation sites is 2. The summed E-state index contributed by atoms with van der Waals surface area (Å²) in [5, 5.41) is 8.49. The van der Waals surface area contributed by atoms with Gasteiger partial charge in [-0.1, -0.05) is 47.2 Å². The molecule has 7 rings (SSSR count). The van der Waals surface area contributed by atoms with Crippen molar-refractivity contribution in [1.82, 2.24) is 14.1 Å². The van der Waals surface area contributed by atoms with Crippen molar-refractivity contribution in [2.24, 2.45) is 5.11 Å². The van der Waals surface area contributed by atoms with Gasteiger partial charge in [0, 0.05) is 46.7 Å². The van der Waals surface area contributed by atoms with Gasteiger partial charge in [-0.2, -0.15) is 0 Å². The van der Waals surface area contributed by atoms with Crippen molar-refractivity contribution >= 4 is 44.1 Å². The van der Waals surface area contributed by atoms with Crippen LogP contribution < -0.4 is 0 Å². The third-order valence-corrected chi connectivity index (χ3v) is 6.61. The number of azo groups is 2. The minimum absolute atomic E-state index is 0.733. The second kappa shape index (κ2) is 7.52. The van der Waals surface area contributed by atoms with E-state index in [4.69, 9.17) is 5.11 Å². The fraction of sp³-hybridized carbons (Fsp3) is 0.0690. The molecule has 5 heteroatoms. The van der Waals surface area contributed by atoms with E-state index in [2.05, 4.69) is 99.3 Å². The van der Waals surface area contributed by atoms with Crippen LogP contribution in [0.2, 0.25) is 0 Å². The standard InChI is InChI=1S/C29H22N5/c1-2-7-22(8-3-1)32-18-15-21-12-13-27-28(29(21)32)25-10-4-5-11-26(25)34(27)24-14-17-31-33(20-24)23-9-6-16-30-19-23/h1-13,15-16,18-20H,14,17H2/q+1. The third kappa shape index (κ3) is 2.83. The molecule has 0 unspecified atom stereocenters. The molecule has 0 spiro atoms. The number of fused-ring (bicyclic) bond motifs is 5. The Morgan fingerprint density at radius 2 is 1.68 bits per heavy atom. The zero-order valence-corrected chi connectivity index (χ0v) is 18.5.